The van der Waals surface area contributed by atoms with Gasteiger partial charge in [0.25, 0.3) is 5.91 Å². The highest BCUT2D eigenvalue weighted by atomic mass is 19.1. The van der Waals surface area contributed by atoms with Crippen LogP contribution in [0.3, 0.4) is 0 Å². The van der Waals surface area contributed by atoms with Crippen LogP contribution in [0.15, 0.2) is 48.5 Å². The number of benzene rings is 2. The molecule has 2 rings (SSSR count). The number of hydrogen-bond acceptors (Lipinski definition) is 3. The Bertz CT molecular complexity index is 850. The molecule has 0 aromatic heterocycles. The summed E-state index contributed by atoms with van der Waals surface area (Å²) in [5.41, 5.74) is 1.92. The Balaban J connectivity index is 2.12. The molecule has 2 aromatic carbocycles. The van der Waals surface area contributed by atoms with E-state index in [0.29, 0.717) is 11.7 Å². The molecule has 5 nitrogen and oxygen atoms in total. The number of nitrogens with one attached hydrogen (secondary N) is 1. The van der Waals surface area contributed by atoms with Gasteiger partial charge in [0.15, 0.2) is 6.61 Å². The number of halogens is 1. The van der Waals surface area contributed by atoms with Crippen molar-refractivity contribution in [1.82, 2.24) is 10.2 Å². The van der Waals surface area contributed by atoms with Gasteiger partial charge in [-0.3, -0.25) is 9.59 Å². The summed E-state index contributed by atoms with van der Waals surface area (Å²) in [6.45, 7) is 9.80. The predicted octanol–water partition coefficient (Wildman–Crippen LogP) is 4.66. The van der Waals surface area contributed by atoms with Gasteiger partial charge in [-0.2, -0.15) is 0 Å². The maximum absolute atomic E-state index is 13.3. The minimum absolute atomic E-state index is 0.00782. The van der Waals surface area contributed by atoms with E-state index in [4.69, 9.17) is 4.74 Å². The molecule has 0 saturated carbocycles. The summed E-state index contributed by atoms with van der Waals surface area (Å²) in [6.07, 6.45) is 0.792. The zero-order valence-electron chi connectivity index (χ0n) is 19.0. The van der Waals surface area contributed by atoms with Crippen molar-refractivity contribution in [1.29, 1.82) is 0 Å². The first-order valence-corrected chi connectivity index (χ1v) is 10.8. The summed E-state index contributed by atoms with van der Waals surface area (Å²) in [6, 6.07) is 12.8. The van der Waals surface area contributed by atoms with Gasteiger partial charge >= 0.3 is 0 Å². The average Bonchev–Trinajstić information content (AvgIpc) is 2.76. The van der Waals surface area contributed by atoms with Crippen LogP contribution in [0.4, 0.5) is 4.39 Å². The number of amides is 2. The average molecular weight is 429 g/mol. The van der Waals surface area contributed by atoms with Crippen LogP contribution >= 0.6 is 0 Å². The first-order chi connectivity index (χ1) is 14.7. The molecule has 0 unspecified atom stereocenters. The quantitative estimate of drug-likeness (QED) is 0.599. The Kier molecular flexibility index (Phi) is 9.03. The number of nitrogens with zero attached hydrogens (tertiary/aromatic N) is 1. The highest BCUT2D eigenvalue weighted by Crippen LogP contribution is 2.19. The lowest BCUT2D eigenvalue weighted by molar-refractivity contribution is -0.142. The Morgan fingerprint density at radius 1 is 1.00 bits per heavy atom. The van der Waals surface area contributed by atoms with Crippen LogP contribution in [0.2, 0.25) is 0 Å². The monoisotopic (exact) mass is 428 g/mol. The smallest absolute Gasteiger partial charge is 0.261 e. The minimum Gasteiger partial charge on any atom is -0.484 e. The lowest BCUT2D eigenvalue weighted by Gasteiger charge is -2.29. The van der Waals surface area contributed by atoms with Crippen LogP contribution in [0.5, 0.6) is 5.75 Å². The molecule has 168 valence electrons. The van der Waals surface area contributed by atoms with Crippen molar-refractivity contribution in [2.75, 3.05) is 6.61 Å². The highest BCUT2D eigenvalue weighted by Gasteiger charge is 2.27. The predicted molar refractivity (Wildman–Crippen MR) is 120 cm³/mol. The molecule has 0 aliphatic rings. The van der Waals surface area contributed by atoms with E-state index in [-0.39, 0.29) is 36.8 Å². The van der Waals surface area contributed by atoms with Crippen molar-refractivity contribution in [2.24, 2.45) is 0 Å². The summed E-state index contributed by atoms with van der Waals surface area (Å²) in [7, 11) is 0. The minimum atomic E-state index is -0.696. The lowest BCUT2D eigenvalue weighted by Crippen LogP contribution is -2.50. The van der Waals surface area contributed by atoms with E-state index in [0.717, 1.165) is 12.0 Å². The molecule has 0 aliphatic heterocycles. The molecule has 2 amide bonds. The Hall–Kier alpha value is -2.89. The number of carbonyl (C=O) groups excluding carboxylic acids is 2. The molecule has 0 bridgehead atoms. The first kappa shape index (κ1) is 24.4. The van der Waals surface area contributed by atoms with Crippen molar-refractivity contribution in [3.63, 3.8) is 0 Å². The molecular formula is C25H33FN2O3. The van der Waals surface area contributed by atoms with E-state index in [1.165, 1.54) is 22.6 Å². The second-order valence-electron chi connectivity index (χ2n) is 8.15. The molecule has 31 heavy (non-hydrogen) atoms. The fourth-order valence-electron chi connectivity index (χ4n) is 3.01. The number of ether oxygens (including phenoxy) is 1. The van der Waals surface area contributed by atoms with Crippen LogP contribution in [0.1, 0.15) is 58.1 Å². The van der Waals surface area contributed by atoms with Gasteiger partial charge in [-0.15, -0.1) is 0 Å². The Labute approximate surface area is 184 Å². The zero-order valence-corrected chi connectivity index (χ0v) is 19.0. The van der Waals surface area contributed by atoms with Gasteiger partial charge in [0.05, 0.1) is 0 Å². The van der Waals surface area contributed by atoms with E-state index in [1.807, 2.05) is 38.1 Å². The molecule has 0 saturated heterocycles. The van der Waals surface area contributed by atoms with Gasteiger partial charge in [0.2, 0.25) is 5.91 Å². The second kappa shape index (κ2) is 11.5. The summed E-state index contributed by atoms with van der Waals surface area (Å²) >= 11 is 0. The van der Waals surface area contributed by atoms with Crippen molar-refractivity contribution in [2.45, 2.75) is 65.6 Å². The molecule has 2 aromatic rings. The van der Waals surface area contributed by atoms with Gasteiger partial charge in [-0.25, -0.2) is 4.39 Å². The van der Waals surface area contributed by atoms with E-state index < -0.39 is 6.04 Å². The second-order valence-corrected chi connectivity index (χ2v) is 8.15. The summed E-state index contributed by atoms with van der Waals surface area (Å²) in [4.78, 5) is 27.1. The molecule has 0 radical (unpaired) electrons. The van der Waals surface area contributed by atoms with E-state index in [1.54, 1.807) is 19.1 Å². The fourth-order valence-corrected chi connectivity index (χ4v) is 3.01. The number of hydrogen-bond donors (Lipinski definition) is 1. The molecule has 1 N–H and O–H groups in total. The summed E-state index contributed by atoms with van der Waals surface area (Å²) in [5, 5.41) is 2.92. The van der Waals surface area contributed by atoms with E-state index >= 15 is 0 Å². The lowest BCUT2D eigenvalue weighted by atomic mass is 10.0. The highest BCUT2D eigenvalue weighted by molar-refractivity contribution is 5.88. The maximum Gasteiger partial charge on any atom is 0.261 e. The topological polar surface area (TPSA) is 58.6 Å². The van der Waals surface area contributed by atoms with Gasteiger partial charge in [-0.1, -0.05) is 45.0 Å². The van der Waals surface area contributed by atoms with Crippen LogP contribution in [0.25, 0.3) is 0 Å². The first-order valence-electron chi connectivity index (χ1n) is 10.8. The third-order valence-corrected chi connectivity index (χ3v) is 5.34. The van der Waals surface area contributed by atoms with Crippen molar-refractivity contribution in [3.8, 4) is 5.75 Å². The molecule has 2 atom stereocenters. The maximum atomic E-state index is 13.3. The normalized spacial score (nSPS) is 12.9. The fraction of sp³-hybridized carbons (Fsp3) is 0.440. The van der Waals surface area contributed by atoms with Crippen LogP contribution in [-0.4, -0.2) is 35.4 Å². The largest absolute Gasteiger partial charge is 0.484 e. The van der Waals surface area contributed by atoms with Gasteiger partial charge in [0.1, 0.15) is 17.6 Å². The van der Waals surface area contributed by atoms with E-state index in [9.17, 15) is 14.0 Å². The molecule has 0 spiro atoms. The van der Waals surface area contributed by atoms with Crippen molar-refractivity contribution < 1.29 is 18.7 Å². The third-order valence-electron chi connectivity index (χ3n) is 5.34. The number of rotatable bonds is 10. The molecule has 0 fully saturated rings. The standard InChI is InChI=1S/C25H33FN2O3/c1-6-18(4)27-25(30)19(5)28(15-20-7-11-22(26)12-8-20)24(29)16-31-23-13-9-21(10-14-23)17(2)3/h7-14,17-19H,6,15-16H2,1-5H3,(H,27,30)/t18-,19+/m1/s1. The van der Waals surface area contributed by atoms with E-state index in [2.05, 4.69) is 19.2 Å². The summed E-state index contributed by atoms with van der Waals surface area (Å²) in [5.74, 6) is 0.107. The van der Waals surface area contributed by atoms with Crippen LogP contribution < -0.4 is 10.1 Å². The van der Waals surface area contributed by atoms with Crippen LogP contribution in [-0.2, 0) is 16.1 Å². The van der Waals surface area contributed by atoms with Gasteiger partial charge < -0.3 is 15.0 Å². The SMILES string of the molecule is CC[C@@H](C)NC(=O)[C@H](C)N(Cc1ccc(F)cc1)C(=O)COc1ccc(C(C)C)cc1. The van der Waals surface area contributed by atoms with Crippen molar-refractivity contribution >= 4 is 11.8 Å². The van der Waals surface area contributed by atoms with Gasteiger partial charge in [0, 0.05) is 12.6 Å². The molecule has 0 heterocycles. The third kappa shape index (κ3) is 7.39. The van der Waals surface area contributed by atoms with Crippen LogP contribution in [0, 0.1) is 5.82 Å². The number of carbonyl (C=O) groups is 2. The molecule has 6 heteroatoms. The van der Waals surface area contributed by atoms with Gasteiger partial charge in [-0.05, 0) is 61.6 Å². The summed E-state index contributed by atoms with van der Waals surface area (Å²) < 4.78 is 19.0. The zero-order chi connectivity index (χ0) is 23.0. The van der Waals surface area contributed by atoms with Crippen molar-refractivity contribution in [3.05, 3.63) is 65.5 Å². The Morgan fingerprint density at radius 2 is 1.61 bits per heavy atom. The molecule has 0 aliphatic carbocycles. The Morgan fingerprint density at radius 3 is 2.16 bits per heavy atom. The molecular weight excluding hydrogens is 395 g/mol.